The number of aliphatic hydroxyl groups is 3. The van der Waals surface area contributed by atoms with Crippen molar-refractivity contribution in [2.24, 2.45) is 0 Å². The van der Waals surface area contributed by atoms with Crippen LogP contribution in [0.3, 0.4) is 0 Å². The van der Waals surface area contributed by atoms with Crippen molar-refractivity contribution in [3.8, 4) is 0 Å². The van der Waals surface area contributed by atoms with Crippen molar-refractivity contribution in [2.45, 2.75) is 269 Å². The van der Waals surface area contributed by atoms with Gasteiger partial charge in [0.25, 0.3) is 10.1 Å². The van der Waals surface area contributed by atoms with Gasteiger partial charge in [-0.05, 0) is 38.5 Å². The first kappa shape index (κ1) is 58.4. The number of carbonyl (C=O) groups excluding carboxylic acids is 2. The van der Waals surface area contributed by atoms with Gasteiger partial charge in [-0.25, -0.2) is 0 Å². The summed E-state index contributed by atoms with van der Waals surface area (Å²) in [5.74, 6) is -1.97. The standard InChI is InChI=1S/C49H92O12S/c1-3-5-7-9-11-13-15-17-19-20-21-22-24-26-28-30-32-34-36-38-45(51)60-42(40-59-49-48(54)47(53)46(52)43(61-49)41-62(55,56)57)39-58-44(50)37-35-33-31-29-27-25-23-18-16-14-12-10-8-6-4-2/h14,16,42-43,46-49,52-54H,3-13,15,17-41H2,1-2H3,(H,55,56,57)/b16-14+/t42-,43-,46-,47?,48?,49+/m1/s1. The van der Waals surface area contributed by atoms with Gasteiger partial charge >= 0.3 is 11.9 Å². The van der Waals surface area contributed by atoms with Crippen molar-refractivity contribution in [1.82, 2.24) is 0 Å². The van der Waals surface area contributed by atoms with E-state index in [2.05, 4.69) is 26.0 Å². The summed E-state index contributed by atoms with van der Waals surface area (Å²) in [7, 11) is -4.60. The molecule has 6 atom stereocenters. The fraction of sp³-hybridized carbons (Fsp3) is 0.918. The van der Waals surface area contributed by atoms with Crippen LogP contribution in [-0.4, -0.2) is 96.0 Å². The number of hydrogen-bond donors (Lipinski definition) is 4. The maximum Gasteiger partial charge on any atom is 0.306 e. The van der Waals surface area contributed by atoms with Crippen LogP contribution in [0, 0.1) is 0 Å². The smallest absolute Gasteiger partial charge is 0.306 e. The molecule has 1 rings (SSSR count). The predicted octanol–water partition coefficient (Wildman–Crippen LogP) is 11.0. The zero-order valence-corrected chi connectivity index (χ0v) is 40.1. The molecule has 2 unspecified atom stereocenters. The van der Waals surface area contributed by atoms with Gasteiger partial charge in [0, 0.05) is 12.8 Å². The van der Waals surface area contributed by atoms with Gasteiger partial charge in [-0.15, -0.1) is 0 Å². The van der Waals surface area contributed by atoms with Crippen LogP contribution in [0.5, 0.6) is 0 Å². The number of allylic oxidation sites excluding steroid dienone is 2. The van der Waals surface area contributed by atoms with Gasteiger partial charge in [0.2, 0.25) is 0 Å². The number of hydrogen-bond acceptors (Lipinski definition) is 11. The second kappa shape index (κ2) is 39.7. The van der Waals surface area contributed by atoms with Crippen LogP contribution in [0.2, 0.25) is 0 Å². The zero-order valence-electron chi connectivity index (χ0n) is 39.2. The van der Waals surface area contributed by atoms with Crippen molar-refractivity contribution >= 4 is 22.1 Å². The highest BCUT2D eigenvalue weighted by Crippen LogP contribution is 2.24. The van der Waals surface area contributed by atoms with Crippen molar-refractivity contribution in [1.29, 1.82) is 0 Å². The second-order valence-electron chi connectivity index (χ2n) is 17.8. The quantitative estimate of drug-likeness (QED) is 0.0197. The van der Waals surface area contributed by atoms with E-state index < -0.39 is 71.2 Å². The van der Waals surface area contributed by atoms with Gasteiger partial charge < -0.3 is 34.3 Å². The Hall–Kier alpha value is -1.61. The molecule has 0 saturated carbocycles. The molecule has 12 nitrogen and oxygen atoms in total. The number of ether oxygens (including phenoxy) is 4. The molecule has 0 aliphatic carbocycles. The summed E-state index contributed by atoms with van der Waals surface area (Å²) in [6, 6.07) is 0. The van der Waals surface area contributed by atoms with Crippen LogP contribution < -0.4 is 0 Å². The average molecular weight is 905 g/mol. The Labute approximate surface area is 377 Å². The van der Waals surface area contributed by atoms with Crippen molar-refractivity contribution in [2.75, 3.05) is 19.0 Å². The van der Waals surface area contributed by atoms with Crippen LogP contribution in [0.1, 0.15) is 232 Å². The molecule has 0 aromatic rings. The molecule has 366 valence electrons. The Balaban J connectivity index is 2.37. The van der Waals surface area contributed by atoms with E-state index in [0.29, 0.717) is 12.8 Å². The minimum Gasteiger partial charge on any atom is -0.462 e. The van der Waals surface area contributed by atoms with Crippen LogP contribution in [0.25, 0.3) is 0 Å². The minimum absolute atomic E-state index is 0.170. The summed E-state index contributed by atoms with van der Waals surface area (Å²) < 4.78 is 54.2. The first-order valence-electron chi connectivity index (χ1n) is 25.2. The minimum atomic E-state index is -4.60. The maximum atomic E-state index is 12.9. The lowest BCUT2D eigenvalue weighted by Crippen LogP contribution is -2.60. The Kier molecular flexibility index (Phi) is 37.4. The molecule has 0 aromatic carbocycles. The number of aliphatic hydroxyl groups excluding tert-OH is 3. The van der Waals surface area contributed by atoms with E-state index in [1.165, 1.54) is 148 Å². The van der Waals surface area contributed by atoms with Crippen LogP contribution in [-0.2, 0) is 38.7 Å². The maximum absolute atomic E-state index is 12.9. The monoisotopic (exact) mass is 905 g/mol. The summed E-state index contributed by atoms with van der Waals surface area (Å²) in [5.41, 5.74) is 0. The van der Waals surface area contributed by atoms with Crippen molar-refractivity contribution in [3.05, 3.63) is 12.2 Å². The summed E-state index contributed by atoms with van der Waals surface area (Å²) in [6.07, 6.45) is 33.9. The highest BCUT2D eigenvalue weighted by molar-refractivity contribution is 7.85. The third-order valence-electron chi connectivity index (χ3n) is 11.8. The molecule has 13 heteroatoms. The van der Waals surface area contributed by atoms with Gasteiger partial charge in [0.1, 0.15) is 36.8 Å². The fourth-order valence-corrected chi connectivity index (χ4v) is 8.60. The van der Waals surface area contributed by atoms with Crippen molar-refractivity contribution < 1.29 is 56.8 Å². The normalized spacial score (nSPS) is 19.9. The third-order valence-corrected chi connectivity index (χ3v) is 12.6. The van der Waals surface area contributed by atoms with Gasteiger partial charge in [-0.1, -0.05) is 193 Å². The fourth-order valence-electron chi connectivity index (χ4n) is 7.91. The lowest BCUT2D eigenvalue weighted by atomic mass is 10.00. The van der Waals surface area contributed by atoms with Gasteiger partial charge in [0.05, 0.1) is 6.61 Å². The molecule has 0 aromatic heterocycles. The lowest BCUT2D eigenvalue weighted by molar-refractivity contribution is -0.297. The van der Waals surface area contributed by atoms with E-state index >= 15 is 0 Å². The Bertz CT molecular complexity index is 1200. The van der Waals surface area contributed by atoms with Gasteiger partial charge in [-0.2, -0.15) is 8.42 Å². The molecule has 1 fully saturated rings. The molecular formula is C49H92O12S. The highest BCUT2D eigenvalue weighted by atomic mass is 32.2. The third kappa shape index (κ3) is 33.8. The molecule has 4 N–H and O–H groups in total. The molecule has 0 radical (unpaired) electrons. The van der Waals surface area contributed by atoms with E-state index in [0.717, 1.165) is 44.9 Å². The van der Waals surface area contributed by atoms with E-state index in [9.17, 15) is 37.9 Å². The molecule has 1 aliphatic heterocycles. The highest BCUT2D eigenvalue weighted by Gasteiger charge is 2.46. The molecule has 1 saturated heterocycles. The van der Waals surface area contributed by atoms with Crippen LogP contribution >= 0.6 is 0 Å². The molecule has 0 amide bonds. The zero-order chi connectivity index (χ0) is 45.5. The Morgan fingerprint density at radius 2 is 0.919 bits per heavy atom. The molecule has 1 heterocycles. The molecule has 0 spiro atoms. The van der Waals surface area contributed by atoms with Gasteiger partial charge in [-0.3, -0.25) is 14.1 Å². The Morgan fingerprint density at radius 3 is 1.35 bits per heavy atom. The summed E-state index contributed by atoms with van der Waals surface area (Å²) in [6.45, 7) is 3.78. The first-order valence-corrected chi connectivity index (χ1v) is 26.9. The Morgan fingerprint density at radius 1 is 0.532 bits per heavy atom. The summed E-state index contributed by atoms with van der Waals surface area (Å²) >= 11 is 0. The summed E-state index contributed by atoms with van der Waals surface area (Å²) in [5, 5.41) is 30.9. The SMILES string of the molecule is CCCCCC/C=C/CCCCCCCCCC(=O)OC[C@H](CO[C@H]1O[C@H](CS(=O)(=O)O)[C@@H](O)C(O)C1O)OC(=O)CCCCCCCCCCCCCCCCCCCCC. The molecule has 1 aliphatic rings. The topological polar surface area (TPSA) is 186 Å². The summed E-state index contributed by atoms with van der Waals surface area (Å²) in [4.78, 5) is 25.5. The largest absolute Gasteiger partial charge is 0.462 e. The van der Waals surface area contributed by atoms with Gasteiger partial charge in [0.15, 0.2) is 12.4 Å². The van der Waals surface area contributed by atoms with Crippen LogP contribution in [0.4, 0.5) is 0 Å². The molecule has 0 bridgehead atoms. The van der Waals surface area contributed by atoms with E-state index in [1.807, 2.05) is 0 Å². The number of rotatable bonds is 43. The number of carbonyl (C=O) groups is 2. The average Bonchev–Trinajstić information content (AvgIpc) is 3.24. The van der Waals surface area contributed by atoms with E-state index in [4.69, 9.17) is 18.9 Å². The molecule has 62 heavy (non-hydrogen) atoms. The lowest BCUT2D eigenvalue weighted by Gasteiger charge is -2.40. The van der Waals surface area contributed by atoms with E-state index in [1.54, 1.807) is 0 Å². The van der Waals surface area contributed by atoms with Crippen molar-refractivity contribution in [3.63, 3.8) is 0 Å². The van der Waals surface area contributed by atoms with E-state index in [-0.39, 0.29) is 19.4 Å². The molecular weight excluding hydrogens is 813 g/mol. The predicted molar refractivity (Wildman–Crippen MR) is 247 cm³/mol. The van der Waals surface area contributed by atoms with Crippen LogP contribution in [0.15, 0.2) is 12.2 Å². The second-order valence-corrected chi connectivity index (χ2v) is 19.3. The first-order chi connectivity index (χ1) is 30.0. The number of esters is 2. The number of unbranched alkanes of at least 4 members (excludes halogenated alkanes) is 29.